The van der Waals surface area contributed by atoms with Gasteiger partial charge in [0, 0.05) is 5.69 Å². The van der Waals surface area contributed by atoms with Gasteiger partial charge < -0.3 is 10.8 Å². The Kier molecular flexibility index (Phi) is 2.72. The van der Waals surface area contributed by atoms with E-state index in [4.69, 9.17) is 22.4 Å². The van der Waals surface area contributed by atoms with Crippen LogP contribution in [0.4, 0.5) is 10.1 Å². The van der Waals surface area contributed by atoms with E-state index in [1.54, 1.807) is 0 Å². The van der Waals surface area contributed by atoms with E-state index in [0.29, 0.717) is 0 Å². The molecule has 0 bridgehead atoms. The molecule has 0 atom stereocenters. The van der Waals surface area contributed by atoms with Crippen molar-refractivity contribution in [3.8, 4) is 5.75 Å². The number of hydrogen-bond acceptors (Lipinski definition) is 3. The van der Waals surface area contributed by atoms with Gasteiger partial charge in [0.2, 0.25) is 0 Å². The van der Waals surface area contributed by atoms with Crippen molar-refractivity contribution in [2.45, 2.75) is 0 Å². The quantitative estimate of drug-likeness (QED) is 0.332. The maximum absolute atomic E-state index is 13.1. The Morgan fingerprint density at radius 3 is 2.77 bits per heavy atom. The normalized spacial score (nSPS) is 10.0. The van der Waals surface area contributed by atoms with E-state index in [2.05, 4.69) is 0 Å². The zero-order valence-corrected chi connectivity index (χ0v) is 7.31. The largest absolute Gasteiger partial charge is 0.505 e. The smallest absolute Gasteiger partial charge is 0.182 e. The first-order chi connectivity index (χ1) is 6.07. The van der Waals surface area contributed by atoms with Crippen molar-refractivity contribution in [1.29, 1.82) is 0 Å². The third kappa shape index (κ3) is 1.72. The van der Waals surface area contributed by atoms with Crippen molar-refractivity contribution in [1.82, 2.24) is 0 Å². The minimum Gasteiger partial charge on any atom is -0.505 e. The minimum atomic E-state index is -1.02. The number of phenols is 1. The second-order valence-electron chi connectivity index (χ2n) is 2.42. The molecule has 3 N–H and O–H groups in total. The average molecular weight is 204 g/mol. The fourth-order valence-electron chi connectivity index (χ4n) is 0.930. The first-order valence-electron chi connectivity index (χ1n) is 3.44. The number of anilines is 1. The van der Waals surface area contributed by atoms with Gasteiger partial charge in [-0.25, -0.2) is 4.39 Å². The van der Waals surface area contributed by atoms with Crippen LogP contribution in [-0.2, 0) is 0 Å². The summed E-state index contributed by atoms with van der Waals surface area (Å²) in [4.78, 5) is 11.0. The summed E-state index contributed by atoms with van der Waals surface area (Å²) in [6, 6.07) is 2.33. The maximum Gasteiger partial charge on any atom is 0.182 e. The first kappa shape index (κ1) is 9.80. The molecule has 0 saturated heterocycles. The topological polar surface area (TPSA) is 63.3 Å². The van der Waals surface area contributed by atoms with Gasteiger partial charge in [-0.2, -0.15) is 0 Å². The molecule has 1 aromatic rings. The number of Topliss-reactive ketones (excluding diaryl/α,β-unsaturated/α-hetero) is 1. The number of carbonyl (C=O) groups is 1. The lowest BCUT2D eigenvalue weighted by Gasteiger charge is -2.04. The van der Waals surface area contributed by atoms with Crippen LogP contribution in [0.2, 0.25) is 0 Å². The predicted molar refractivity (Wildman–Crippen MR) is 47.5 cm³/mol. The molecule has 0 saturated carbocycles. The standard InChI is InChI=1S/C8H7ClFNO2/c9-3-6(13)7-4(11)1-2-5(12)8(7)10/h1-2,12H,3,11H2. The highest BCUT2D eigenvalue weighted by Gasteiger charge is 2.17. The number of alkyl halides is 1. The number of rotatable bonds is 2. The number of nitrogens with two attached hydrogens (primary N) is 1. The summed E-state index contributed by atoms with van der Waals surface area (Å²) in [5.41, 5.74) is 4.96. The lowest BCUT2D eigenvalue weighted by atomic mass is 10.1. The Bertz CT molecular complexity index is 354. The van der Waals surface area contributed by atoms with Gasteiger partial charge in [-0.05, 0) is 12.1 Å². The number of halogens is 2. The third-order valence-electron chi connectivity index (χ3n) is 1.55. The van der Waals surface area contributed by atoms with Gasteiger partial charge in [0.25, 0.3) is 0 Å². The summed E-state index contributed by atoms with van der Waals surface area (Å²) in [7, 11) is 0. The molecule has 0 radical (unpaired) electrons. The van der Waals surface area contributed by atoms with Gasteiger partial charge in [0.05, 0.1) is 11.4 Å². The van der Waals surface area contributed by atoms with Crippen LogP contribution in [0.3, 0.4) is 0 Å². The Morgan fingerprint density at radius 2 is 2.23 bits per heavy atom. The Labute approximate surface area is 78.9 Å². The van der Waals surface area contributed by atoms with Crippen LogP contribution in [0.15, 0.2) is 12.1 Å². The van der Waals surface area contributed by atoms with E-state index in [9.17, 15) is 9.18 Å². The third-order valence-corrected chi connectivity index (χ3v) is 1.80. The number of hydrogen-bond donors (Lipinski definition) is 2. The fourth-order valence-corrected chi connectivity index (χ4v) is 1.06. The van der Waals surface area contributed by atoms with Gasteiger partial charge in [-0.15, -0.1) is 11.6 Å². The number of benzene rings is 1. The zero-order valence-electron chi connectivity index (χ0n) is 6.55. The van der Waals surface area contributed by atoms with Crippen LogP contribution in [0.25, 0.3) is 0 Å². The highest BCUT2D eigenvalue weighted by atomic mass is 35.5. The van der Waals surface area contributed by atoms with Crippen LogP contribution >= 0.6 is 11.6 Å². The second kappa shape index (κ2) is 3.62. The number of carbonyl (C=O) groups excluding carboxylic acids is 1. The molecular weight excluding hydrogens is 197 g/mol. The van der Waals surface area contributed by atoms with E-state index in [1.807, 2.05) is 0 Å². The molecule has 0 heterocycles. The molecule has 3 nitrogen and oxygen atoms in total. The van der Waals surface area contributed by atoms with Crippen LogP contribution in [0.5, 0.6) is 5.75 Å². The zero-order chi connectivity index (χ0) is 10.0. The van der Waals surface area contributed by atoms with Crippen molar-refractivity contribution in [3.63, 3.8) is 0 Å². The molecular formula is C8H7ClFNO2. The van der Waals surface area contributed by atoms with Gasteiger partial charge >= 0.3 is 0 Å². The lowest BCUT2D eigenvalue weighted by molar-refractivity contribution is 0.101. The van der Waals surface area contributed by atoms with Gasteiger partial charge in [-0.3, -0.25) is 4.79 Å². The lowest BCUT2D eigenvalue weighted by Crippen LogP contribution is -2.08. The van der Waals surface area contributed by atoms with Crippen LogP contribution < -0.4 is 5.73 Å². The van der Waals surface area contributed by atoms with Crippen molar-refractivity contribution in [2.24, 2.45) is 0 Å². The van der Waals surface area contributed by atoms with Gasteiger partial charge in [-0.1, -0.05) is 0 Å². The van der Waals surface area contributed by atoms with Crippen LogP contribution in [0, 0.1) is 5.82 Å². The van der Waals surface area contributed by atoms with E-state index >= 15 is 0 Å². The summed E-state index contributed by atoms with van der Waals surface area (Å²) in [6.07, 6.45) is 0. The highest BCUT2D eigenvalue weighted by Crippen LogP contribution is 2.24. The van der Waals surface area contributed by atoms with Gasteiger partial charge in [0.1, 0.15) is 0 Å². The summed E-state index contributed by atoms with van der Waals surface area (Å²) in [5, 5.41) is 8.94. The SMILES string of the molecule is Nc1ccc(O)c(F)c1C(=O)CCl. The summed E-state index contributed by atoms with van der Waals surface area (Å²) >= 11 is 5.23. The minimum absolute atomic E-state index is 0.0269. The summed E-state index contributed by atoms with van der Waals surface area (Å²) in [5.74, 6) is -2.65. The highest BCUT2D eigenvalue weighted by molar-refractivity contribution is 6.31. The molecule has 0 aromatic heterocycles. The molecule has 1 aromatic carbocycles. The molecule has 0 unspecified atom stereocenters. The number of phenolic OH excluding ortho intramolecular Hbond substituents is 1. The molecule has 1 rings (SSSR count). The van der Waals surface area contributed by atoms with Crippen molar-refractivity contribution in [3.05, 3.63) is 23.5 Å². The van der Waals surface area contributed by atoms with Crippen molar-refractivity contribution in [2.75, 3.05) is 11.6 Å². The maximum atomic E-state index is 13.1. The number of nitrogen functional groups attached to an aromatic ring is 1. The Balaban J connectivity index is 3.33. The van der Waals surface area contributed by atoms with Crippen LogP contribution in [-0.4, -0.2) is 16.8 Å². The van der Waals surface area contributed by atoms with Gasteiger partial charge in [0.15, 0.2) is 17.3 Å². The van der Waals surface area contributed by atoms with E-state index in [0.717, 1.165) is 6.07 Å². The Hall–Kier alpha value is -1.29. The second-order valence-corrected chi connectivity index (χ2v) is 2.69. The number of ketones is 1. The van der Waals surface area contributed by atoms with Crippen molar-refractivity contribution >= 4 is 23.1 Å². The molecule has 70 valence electrons. The molecule has 0 fully saturated rings. The molecule has 13 heavy (non-hydrogen) atoms. The molecule has 0 amide bonds. The van der Waals surface area contributed by atoms with E-state index in [1.165, 1.54) is 6.07 Å². The Morgan fingerprint density at radius 1 is 1.62 bits per heavy atom. The summed E-state index contributed by atoms with van der Waals surface area (Å²) in [6.45, 7) is 0. The number of aromatic hydroxyl groups is 1. The monoisotopic (exact) mass is 203 g/mol. The molecule has 0 spiro atoms. The molecule has 0 aliphatic heterocycles. The molecule has 0 aliphatic rings. The predicted octanol–water partition coefficient (Wildman–Crippen LogP) is 1.53. The van der Waals surface area contributed by atoms with E-state index < -0.39 is 17.3 Å². The molecule has 0 aliphatic carbocycles. The fraction of sp³-hybridized carbons (Fsp3) is 0.125. The summed E-state index contributed by atoms with van der Waals surface area (Å²) < 4.78 is 13.1. The van der Waals surface area contributed by atoms with Crippen molar-refractivity contribution < 1.29 is 14.3 Å². The average Bonchev–Trinajstić information content (AvgIpc) is 2.12. The van der Waals surface area contributed by atoms with Crippen LogP contribution in [0.1, 0.15) is 10.4 Å². The van der Waals surface area contributed by atoms with E-state index in [-0.39, 0.29) is 17.1 Å². The first-order valence-corrected chi connectivity index (χ1v) is 3.97. The molecule has 5 heteroatoms.